The van der Waals surface area contributed by atoms with Crippen LogP contribution in [0.25, 0.3) is 0 Å². The van der Waals surface area contributed by atoms with Crippen LogP contribution in [0.3, 0.4) is 0 Å². The summed E-state index contributed by atoms with van der Waals surface area (Å²) in [5.41, 5.74) is 6.71. The van der Waals surface area contributed by atoms with Crippen molar-refractivity contribution >= 4 is 28.8 Å². The molecular formula is C33H29ClN2O3. The van der Waals surface area contributed by atoms with E-state index in [0.717, 1.165) is 45.8 Å². The summed E-state index contributed by atoms with van der Waals surface area (Å²) >= 11 is 6.13. The highest BCUT2D eigenvalue weighted by Gasteiger charge is 2.36. The molecule has 0 radical (unpaired) electrons. The van der Waals surface area contributed by atoms with Crippen molar-refractivity contribution in [2.75, 3.05) is 17.7 Å². The van der Waals surface area contributed by atoms with E-state index in [-0.39, 0.29) is 17.7 Å². The number of fused-ring (bicyclic) bond motifs is 1. The molecule has 1 aliphatic heterocycles. The number of rotatable bonds is 6. The number of halogens is 1. The van der Waals surface area contributed by atoms with E-state index < -0.39 is 0 Å². The SMILES string of the molecule is COc1ccc(C2Nc3ccccc3NC3=C2C(=O)CC(c2ccc(Cl)cc2)C3)cc1OCc1ccccc1. The molecule has 4 aromatic rings. The van der Waals surface area contributed by atoms with Gasteiger partial charge in [0.25, 0.3) is 0 Å². The molecule has 2 atom stereocenters. The second-order valence-corrected chi connectivity index (χ2v) is 10.3. The number of hydrogen-bond donors (Lipinski definition) is 2. The molecule has 1 heterocycles. The number of methoxy groups -OCH3 is 1. The zero-order valence-electron chi connectivity index (χ0n) is 21.6. The molecule has 0 amide bonds. The molecule has 0 fully saturated rings. The van der Waals surface area contributed by atoms with Gasteiger partial charge < -0.3 is 20.1 Å². The molecule has 5 nitrogen and oxygen atoms in total. The molecule has 0 saturated heterocycles. The van der Waals surface area contributed by atoms with Gasteiger partial charge in [-0.2, -0.15) is 0 Å². The summed E-state index contributed by atoms with van der Waals surface area (Å²) in [6, 6.07) is 31.5. The Morgan fingerprint density at radius 1 is 0.821 bits per heavy atom. The maximum absolute atomic E-state index is 13.9. The van der Waals surface area contributed by atoms with Gasteiger partial charge in [0.1, 0.15) is 6.61 Å². The third-order valence-corrected chi connectivity index (χ3v) is 7.66. The minimum absolute atomic E-state index is 0.0764. The Hall–Kier alpha value is -4.22. The molecule has 0 aromatic heterocycles. The number of benzene rings is 4. The van der Waals surface area contributed by atoms with E-state index >= 15 is 0 Å². The first kappa shape index (κ1) is 25.1. The van der Waals surface area contributed by atoms with Crippen molar-refractivity contribution in [2.45, 2.75) is 31.4 Å². The molecule has 2 aliphatic rings. The number of para-hydroxylation sites is 2. The highest BCUT2D eigenvalue weighted by Crippen LogP contribution is 2.45. The first-order valence-corrected chi connectivity index (χ1v) is 13.5. The number of hydrogen-bond acceptors (Lipinski definition) is 5. The zero-order valence-corrected chi connectivity index (χ0v) is 22.4. The summed E-state index contributed by atoms with van der Waals surface area (Å²) in [6.45, 7) is 0.415. The van der Waals surface area contributed by atoms with Crippen LogP contribution in [0.2, 0.25) is 5.02 Å². The van der Waals surface area contributed by atoms with Gasteiger partial charge in [0, 0.05) is 22.7 Å². The van der Waals surface area contributed by atoms with Crippen molar-refractivity contribution in [2.24, 2.45) is 0 Å². The number of nitrogens with one attached hydrogen (secondary N) is 2. The standard InChI is InChI=1S/C33H29ClN2O3/c1-38-30-16-13-23(19-31(30)39-20-21-7-3-2-4-8-21)33-32-28(35-26-9-5-6-10-27(26)36-33)17-24(18-29(32)37)22-11-14-25(34)15-12-22/h2-16,19,24,33,35-36H,17-18,20H2,1H3. The largest absolute Gasteiger partial charge is 0.493 e. The number of ether oxygens (including phenoxy) is 2. The molecule has 2 N–H and O–H groups in total. The van der Waals surface area contributed by atoms with Crippen LogP contribution in [-0.4, -0.2) is 12.9 Å². The molecule has 6 heteroatoms. The summed E-state index contributed by atoms with van der Waals surface area (Å²) in [4.78, 5) is 13.9. The average molecular weight is 537 g/mol. The lowest BCUT2D eigenvalue weighted by atomic mass is 9.78. The van der Waals surface area contributed by atoms with E-state index in [2.05, 4.69) is 10.6 Å². The third-order valence-electron chi connectivity index (χ3n) is 7.41. The van der Waals surface area contributed by atoms with E-state index in [1.807, 2.05) is 97.1 Å². The van der Waals surface area contributed by atoms with Gasteiger partial charge in [0.15, 0.2) is 17.3 Å². The Labute approximate surface area is 233 Å². The highest BCUT2D eigenvalue weighted by molar-refractivity contribution is 6.30. The summed E-state index contributed by atoms with van der Waals surface area (Å²) < 4.78 is 11.8. The highest BCUT2D eigenvalue weighted by atomic mass is 35.5. The lowest BCUT2D eigenvalue weighted by Crippen LogP contribution is -2.26. The first-order chi connectivity index (χ1) is 19.1. The Kier molecular flexibility index (Phi) is 6.99. The number of ketones is 1. The smallest absolute Gasteiger partial charge is 0.163 e. The number of allylic oxidation sites excluding steroid dienone is 1. The van der Waals surface area contributed by atoms with Crippen molar-refractivity contribution in [3.8, 4) is 11.5 Å². The molecule has 0 bridgehead atoms. The Morgan fingerprint density at radius 2 is 1.54 bits per heavy atom. The molecule has 4 aromatic carbocycles. The fourth-order valence-electron chi connectivity index (χ4n) is 5.43. The second-order valence-electron chi connectivity index (χ2n) is 9.90. The fourth-order valence-corrected chi connectivity index (χ4v) is 5.56. The van der Waals surface area contributed by atoms with Crippen molar-refractivity contribution in [3.05, 3.63) is 130 Å². The van der Waals surface area contributed by atoms with Crippen LogP contribution in [0.5, 0.6) is 11.5 Å². The lowest BCUT2D eigenvalue weighted by molar-refractivity contribution is -0.116. The zero-order chi connectivity index (χ0) is 26.8. The maximum Gasteiger partial charge on any atom is 0.163 e. The molecule has 2 unspecified atom stereocenters. The molecule has 0 spiro atoms. The van der Waals surface area contributed by atoms with E-state index in [1.54, 1.807) is 7.11 Å². The van der Waals surface area contributed by atoms with Gasteiger partial charge in [-0.1, -0.05) is 72.3 Å². The number of anilines is 2. The topological polar surface area (TPSA) is 59.6 Å². The normalized spacial score (nSPS) is 18.3. The Balaban J connectivity index is 1.39. The van der Waals surface area contributed by atoms with Crippen molar-refractivity contribution in [1.29, 1.82) is 0 Å². The summed E-state index contributed by atoms with van der Waals surface area (Å²) in [6.07, 6.45) is 1.16. The van der Waals surface area contributed by atoms with E-state index in [1.165, 1.54) is 0 Å². The van der Waals surface area contributed by atoms with Crippen molar-refractivity contribution in [1.82, 2.24) is 0 Å². The fraction of sp³-hybridized carbons (Fsp3) is 0.182. The van der Waals surface area contributed by atoms with E-state index in [0.29, 0.717) is 29.5 Å². The minimum Gasteiger partial charge on any atom is -0.493 e. The third kappa shape index (κ3) is 5.23. The Bertz CT molecular complexity index is 1530. The predicted octanol–water partition coefficient (Wildman–Crippen LogP) is 7.91. The molecule has 1 aliphatic carbocycles. The molecular weight excluding hydrogens is 508 g/mol. The van der Waals surface area contributed by atoms with Crippen LogP contribution in [0.1, 0.15) is 41.5 Å². The number of carbonyl (C=O) groups is 1. The lowest BCUT2D eigenvalue weighted by Gasteiger charge is -2.30. The number of Topliss-reactive ketones (excluding diaryl/α,β-unsaturated/α-hetero) is 1. The number of carbonyl (C=O) groups excluding carboxylic acids is 1. The van der Waals surface area contributed by atoms with Crippen LogP contribution in [0, 0.1) is 0 Å². The maximum atomic E-state index is 13.9. The minimum atomic E-state index is -0.347. The molecule has 6 rings (SSSR count). The quantitative estimate of drug-likeness (QED) is 0.262. The van der Waals surface area contributed by atoms with Crippen LogP contribution in [0.15, 0.2) is 108 Å². The van der Waals surface area contributed by atoms with Crippen LogP contribution in [0.4, 0.5) is 11.4 Å². The van der Waals surface area contributed by atoms with Gasteiger partial charge >= 0.3 is 0 Å². The van der Waals surface area contributed by atoms with E-state index in [4.69, 9.17) is 21.1 Å². The van der Waals surface area contributed by atoms with Gasteiger partial charge in [0.2, 0.25) is 0 Å². The average Bonchev–Trinajstić information content (AvgIpc) is 3.14. The van der Waals surface area contributed by atoms with Gasteiger partial charge in [-0.25, -0.2) is 0 Å². The van der Waals surface area contributed by atoms with Gasteiger partial charge in [0.05, 0.1) is 24.5 Å². The summed E-state index contributed by atoms with van der Waals surface area (Å²) in [7, 11) is 1.64. The van der Waals surface area contributed by atoms with Gasteiger partial charge in [-0.15, -0.1) is 0 Å². The first-order valence-electron chi connectivity index (χ1n) is 13.1. The summed E-state index contributed by atoms with van der Waals surface area (Å²) in [5, 5.41) is 7.94. The Morgan fingerprint density at radius 3 is 2.31 bits per heavy atom. The van der Waals surface area contributed by atoms with Crippen molar-refractivity contribution < 1.29 is 14.3 Å². The van der Waals surface area contributed by atoms with Crippen LogP contribution < -0.4 is 20.1 Å². The van der Waals surface area contributed by atoms with Crippen LogP contribution in [-0.2, 0) is 11.4 Å². The van der Waals surface area contributed by atoms with Gasteiger partial charge in [-0.05, 0) is 65.4 Å². The predicted molar refractivity (Wildman–Crippen MR) is 156 cm³/mol. The molecule has 0 saturated carbocycles. The second kappa shape index (κ2) is 10.9. The monoisotopic (exact) mass is 536 g/mol. The van der Waals surface area contributed by atoms with Crippen molar-refractivity contribution in [3.63, 3.8) is 0 Å². The molecule has 196 valence electrons. The van der Waals surface area contributed by atoms with E-state index in [9.17, 15) is 4.79 Å². The van der Waals surface area contributed by atoms with Gasteiger partial charge in [-0.3, -0.25) is 4.79 Å². The van der Waals surface area contributed by atoms with Crippen LogP contribution >= 0.6 is 11.6 Å². The summed E-state index contributed by atoms with van der Waals surface area (Å²) in [5.74, 6) is 1.48. The molecule has 39 heavy (non-hydrogen) atoms.